The molecule has 0 N–H and O–H groups in total. The molecule has 0 aliphatic carbocycles. The maximum absolute atomic E-state index is 13.4. The molecule has 0 aliphatic heterocycles. The lowest BCUT2D eigenvalue weighted by molar-refractivity contribution is 0.846. The molecule has 53 heavy (non-hydrogen) atoms. The summed E-state index contributed by atoms with van der Waals surface area (Å²) >= 11 is 0. The van der Waals surface area contributed by atoms with Gasteiger partial charge in [0.15, 0.2) is 5.82 Å². The van der Waals surface area contributed by atoms with Crippen molar-refractivity contribution < 1.29 is 0 Å². The maximum atomic E-state index is 13.4. The van der Waals surface area contributed by atoms with Crippen LogP contribution in [-0.4, -0.2) is 19.1 Å². The average molecular weight is 683 g/mol. The van der Waals surface area contributed by atoms with Crippen molar-refractivity contribution in [2.45, 2.75) is 0 Å². The van der Waals surface area contributed by atoms with E-state index in [1.165, 1.54) is 0 Å². The second-order valence-corrected chi connectivity index (χ2v) is 13.1. The molecular formula is C48H34N4O. The van der Waals surface area contributed by atoms with Crippen molar-refractivity contribution in [2.75, 3.05) is 0 Å². The largest absolute Gasteiger partial charge is 0.333 e. The fraction of sp³-hybridized carbons (Fsp3) is 0.0208. The van der Waals surface area contributed by atoms with Crippen molar-refractivity contribution in [1.82, 2.24) is 19.1 Å². The summed E-state index contributed by atoms with van der Waals surface area (Å²) in [5.41, 5.74) is 13.7. The molecule has 0 fully saturated rings. The van der Waals surface area contributed by atoms with Gasteiger partial charge in [-0.2, -0.15) is 0 Å². The first-order valence-corrected chi connectivity index (χ1v) is 17.7. The molecule has 0 saturated heterocycles. The van der Waals surface area contributed by atoms with Crippen LogP contribution in [-0.2, 0) is 7.05 Å². The molecule has 5 nitrogen and oxygen atoms in total. The summed E-state index contributed by atoms with van der Waals surface area (Å²) in [4.78, 5) is 23.8. The van der Waals surface area contributed by atoms with E-state index in [0.717, 1.165) is 78.2 Å². The highest BCUT2D eigenvalue weighted by Crippen LogP contribution is 2.36. The topological polar surface area (TPSA) is 52.7 Å². The van der Waals surface area contributed by atoms with E-state index >= 15 is 0 Å². The summed E-state index contributed by atoms with van der Waals surface area (Å²) in [6.07, 6.45) is 0. The Hall–Kier alpha value is -7.11. The minimum atomic E-state index is -0.0780. The minimum Gasteiger partial charge on any atom is -0.295 e. The molecular weight excluding hydrogens is 649 g/mol. The number of para-hydroxylation sites is 1. The van der Waals surface area contributed by atoms with E-state index in [0.29, 0.717) is 5.82 Å². The van der Waals surface area contributed by atoms with Gasteiger partial charge in [-0.15, -0.1) is 0 Å². The zero-order valence-corrected chi connectivity index (χ0v) is 29.1. The number of hydrogen-bond donors (Lipinski definition) is 0. The summed E-state index contributed by atoms with van der Waals surface area (Å²) in [5, 5.41) is 0. The lowest BCUT2D eigenvalue weighted by atomic mass is 9.96. The van der Waals surface area contributed by atoms with Crippen LogP contribution in [0, 0.1) is 0 Å². The molecule has 0 saturated carbocycles. The first-order valence-electron chi connectivity index (χ1n) is 17.7. The number of aryl methyl sites for hydroxylation is 1. The number of benzene rings is 7. The van der Waals surface area contributed by atoms with Gasteiger partial charge in [0.05, 0.1) is 28.1 Å². The van der Waals surface area contributed by atoms with Crippen molar-refractivity contribution in [3.8, 4) is 73.0 Å². The third kappa shape index (κ3) is 6.04. The van der Waals surface area contributed by atoms with Gasteiger partial charge >= 0.3 is 5.69 Å². The number of fused-ring (bicyclic) bond motifs is 1. The maximum Gasteiger partial charge on any atom is 0.333 e. The van der Waals surface area contributed by atoms with Crippen molar-refractivity contribution in [3.63, 3.8) is 0 Å². The number of nitrogens with zero attached hydrogens (tertiary/aromatic N) is 4. The number of rotatable bonds is 7. The molecule has 5 heteroatoms. The fourth-order valence-corrected chi connectivity index (χ4v) is 7.09. The van der Waals surface area contributed by atoms with E-state index in [4.69, 9.17) is 9.97 Å². The van der Waals surface area contributed by atoms with Gasteiger partial charge in [0.25, 0.3) is 0 Å². The van der Waals surface area contributed by atoms with Crippen LogP contribution in [0.3, 0.4) is 0 Å². The van der Waals surface area contributed by atoms with Crippen LogP contribution >= 0.6 is 0 Å². The van der Waals surface area contributed by atoms with Crippen LogP contribution in [0.1, 0.15) is 0 Å². The van der Waals surface area contributed by atoms with Gasteiger partial charge in [-0.1, -0.05) is 152 Å². The van der Waals surface area contributed by atoms with E-state index < -0.39 is 0 Å². The lowest BCUT2D eigenvalue weighted by Crippen LogP contribution is -2.20. The van der Waals surface area contributed by atoms with Crippen molar-refractivity contribution >= 4 is 11.0 Å². The molecule has 0 spiro atoms. The van der Waals surface area contributed by atoms with Crippen LogP contribution < -0.4 is 5.69 Å². The quantitative estimate of drug-likeness (QED) is 0.168. The molecule has 0 amide bonds. The van der Waals surface area contributed by atoms with Crippen LogP contribution in [0.15, 0.2) is 193 Å². The molecule has 0 atom stereocenters. The van der Waals surface area contributed by atoms with E-state index in [9.17, 15) is 4.79 Å². The SMILES string of the molecule is Cn1c(=O)n(-c2ccccc2)c2cc(-c3cccc(-c4cc(-c5ccccc5-c5ccccc5)nc(-c5ccc(-c6ccccc6)cc5)n4)c3)ccc21. The normalized spacial score (nSPS) is 11.2. The highest BCUT2D eigenvalue weighted by molar-refractivity contribution is 5.87. The molecule has 0 aliphatic rings. The summed E-state index contributed by atoms with van der Waals surface area (Å²) in [7, 11) is 1.82. The standard InChI is InChI=1S/C48H34N4O/c1-51-45-29-28-38(31-46(45)52(48(51)53)40-20-9-4-10-21-40)37-18-13-19-39(30-37)43-32-44(42-23-12-11-22-41(42)35-16-7-3-8-17-35)50-47(49-43)36-26-24-34(25-27-36)33-14-5-2-6-15-33/h2-32H,1H3. The second-order valence-electron chi connectivity index (χ2n) is 13.1. The Morgan fingerprint density at radius 2 is 0.925 bits per heavy atom. The van der Waals surface area contributed by atoms with Gasteiger partial charge in [0.2, 0.25) is 0 Å². The predicted octanol–water partition coefficient (Wildman–Crippen LogP) is 11.1. The Balaban J connectivity index is 1.18. The van der Waals surface area contributed by atoms with Gasteiger partial charge in [0, 0.05) is 23.7 Å². The van der Waals surface area contributed by atoms with E-state index in [2.05, 4.69) is 140 Å². The van der Waals surface area contributed by atoms with Gasteiger partial charge in [-0.3, -0.25) is 9.13 Å². The van der Waals surface area contributed by atoms with Crippen molar-refractivity contribution in [2.24, 2.45) is 7.05 Å². The molecule has 0 bridgehead atoms. The smallest absolute Gasteiger partial charge is 0.295 e. The van der Waals surface area contributed by atoms with Crippen LogP contribution in [0.4, 0.5) is 0 Å². The van der Waals surface area contributed by atoms with Crippen LogP contribution in [0.2, 0.25) is 0 Å². The fourth-order valence-electron chi connectivity index (χ4n) is 7.09. The van der Waals surface area contributed by atoms with Gasteiger partial charge in [0.1, 0.15) is 0 Å². The Morgan fingerprint density at radius 3 is 1.66 bits per heavy atom. The number of aromatic nitrogens is 4. The third-order valence-electron chi connectivity index (χ3n) is 9.83. The molecule has 252 valence electrons. The molecule has 0 unspecified atom stereocenters. The first-order chi connectivity index (χ1) is 26.1. The molecule has 7 aromatic carbocycles. The summed E-state index contributed by atoms with van der Waals surface area (Å²) in [6, 6.07) is 64.2. The third-order valence-corrected chi connectivity index (χ3v) is 9.83. The Morgan fingerprint density at radius 1 is 0.396 bits per heavy atom. The molecule has 9 rings (SSSR count). The van der Waals surface area contributed by atoms with Gasteiger partial charge in [-0.05, 0) is 69.8 Å². The predicted molar refractivity (Wildman–Crippen MR) is 217 cm³/mol. The number of imidazole rings is 1. The summed E-state index contributed by atoms with van der Waals surface area (Å²) in [6.45, 7) is 0. The molecule has 0 radical (unpaired) electrons. The van der Waals surface area contributed by atoms with Crippen LogP contribution in [0.5, 0.6) is 0 Å². The van der Waals surface area contributed by atoms with E-state index in [-0.39, 0.29) is 5.69 Å². The Kier molecular flexibility index (Phi) is 8.14. The lowest BCUT2D eigenvalue weighted by Gasteiger charge is -2.14. The summed E-state index contributed by atoms with van der Waals surface area (Å²) in [5.74, 6) is 0.656. The molecule has 2 heterocycles. The van der Waals surface area contributed by atoms with Gasteiger partial charge < -0.3 is 0 Å². The average Bonchev–Trinajstić information content (AvgIpc) is 3.49. The van der Waals surface area contributed by atoms with E-state index in [1.54, 1.807) is 9.13 Å². The molecule has 2 aromatic heterocycles. The highest BCUT2D eigenvalue weighted by Gasteiger charge is 2.17. The highest BCUT2D eigenvalue weighted by atomic mass is 16.1. The first kappa shape index (κ1) is 31.8. The zero-order chi connectivity index (χ0) is 35.7. The van der Waals surface area contributed by atoms with Crippen molar-refractivity contribution in [3.05, 3.63) is 199 Å². The monoisotopic (exact) mass is 682 g/mol. The minimum absolute atomic E-state index is 0.0780. The Labute approximate surface area is 307 Å². The van der Waals surface area contributed by atoms with E-state index in [1.807, 2.05) is 55.6 Å². The summed E-state index contributed by atoms with van der Waals surface area (Å²) < 4.78 is 3.48. The number of hydrogen-bond acceptors (Lipinski definition) is 3. The Bertz CT molecular complexity index is 2790. The molecule has 9 aromatic rings. The second kappa shape index (κ2) is 13.5. The van der Waals surface area contributed by atoms with Gasteiger partial charge in [-0.25, -0.2) is 14.8 Å². The van der Waals surface area contributed by atoms with Crippen molar-refractivity contribution in [1.29, 1.82) is 0 Å². The zero-order valence-electron chi connectivity index (χ0n) is 29.1. The van der Waals surface area contributed by atoms with Crippen LogP contribution in [0.25, 0.3) is 84.0 Å².